The highest BCUT2D eigenvalue weighted by Gasteiger charge is 2.26. The van der Waals surface area contributed by atoms with Crippen molar-refractivity contribution in [1.29, 1.82) is 0 Å². The van der Waals surface area contributed by atoms with E-state index in [1.165, 1.54) is 38.5 Å². The van der Waals surface area contributed by atoms with Gasteiger partial charge >= 0.3 is 0 Å². The summed E-state index contributed by atoms with van der Waals surface area (Å²) in [7, 11) is 2.01. The average Bonchev–Trinajstić information content (AvgIpc) is 2.69. The molecule has 1 aliphatic rings. The van der Waals surface area contributed by atoms with Crippen LogP contribution in [0, 0.1) is 11.3 Å². The maximum absolute atomic E-state index is 12.5. The highest BCUT2D eigenvalue weighted by Crippen LogP contribution is 2.32. The van der Waals surface area contributed by atoms with Gasteiger partial charge in [0, 0.05) is 19.5 Å². The second-order valence-electron chi connectivity index (χ2n) is 7.83. The smallest absolute Gasteiger partial charge is 0.222 e. The molecule has 124 valence electrons. The molecule has 1 atom stereocenters. The van der Waals surface area contributed by atoms with Crippen LogP contribution in [0.1, 0.15) is 78.6 Å². The summed E-state index contributed by atoms with van der Waals surface area (Å²) in [6.07, 6.45) is 10.3. The molecule has 2 N–H and O–H groups in total. The molecule has 3 heteroatoms. The quantitative estimate of drug-likeness (QED) is 0.754. The maximum Gasteiger partial charge on any atom is 0.222 e. The van der Waals surface area contributed by atoms with E-state index in [9.17, 15) is 4.79 Å². The van der Waals surface area contributed by atoms with Crippen LogP contribution < -0.4 is 5.73 Å². The van der Waals surface area contributed by atoms with Gasteiger partial charge in [0.15, 0.2) is 0 Å². The minimum Gasteiger partial charge on any atom is -0.343 e. The van der Waals surface area contributed by atoms with E-state index >= 15 is 0 Å². The predicted molar refractivity (Wildman–Crippen MR) is 90.1 cm³/mol. The minimum absolute atomic E-state index is 0.237. The van der Waals surface area contributed by atoms with Gasteiger partial charge in [0.25, 0.3) is 0 Å². The summed E-state index contributed by atoms with van der Waals surface area (Å²) >= 11 is 0. The first kappa shape index (κ1) is 18.5. The zero-order chi connectivity index (χ0) is 15.9. The Labute approximate surface area is 131 Å². The lowest BCUT2D eigenvalue weighted by atomic mass is 9.76. The lowest BCUT2D eigenvalue weighted by Gasteiger charge is -2.32. The Hall–Kier alpha value is -0.570. The van der Waals surface area contributed by atoms with E-state index in [1.807, 2.05) is 11.9 Å². The number of hydrogen-bond acceptors (Lipinski definition) is 2. The molecule has 21 heavy (non-hydrogen) atoms. The first-order valence-corrected chi connectivity index (χ1v) is 8.82. The van der Waals surface area contributed by atoms with Crippen molar-refractivity contribution in [2.75, 3.05) is 13.6 Å². The summed E-state index contributed by atoms with van der Waals surface area (Å²) in [4.78, 5) is 14.5. The standard InChI is InChI=1S/C18H36N2O/c1-18(2,3)15(13-14-19)11-12-17(21)20(4)16-9-7-5-6-8-10-16/h15-16H,5-14,19H2,1-4H3. The molecule has 0 aliphatic heterocycles. The number of nitrogens with zero attached hydrogens (tertiary/aromatic N) is 1. The van der Waals surface area contributed by atoms with Crippen molar-refractivity contribution in [3.05, 3.63) is 0 Å². The van der Waals surface area contributed by atoms with Gasteiger partial charge in [0.2, 0.25) is 5.91 Å². The molecule has 1 fully saturated rings. The fourth-order valence-electron chi connectivity index (χ4n) is 3.53. The normalized spacial score (nSPS) is 19.1. The minimum atomic E-state index is 0.237. The van der Waals surface area contributed by atoms with Crippen molar-refractivity contribution in [3.8, 4) is 0 Å². The van der Waals surface area contributed by atoms with E-state index in [1.54, 1.807) is 0 Å². The van der Waals surface area contributed by atoms with Crippen LogP contribution in [0.2, 0.25) is 0 Å². The van der Waals surface area contributed by atoms with E-state index in [-0.39, 0.29) is 5.41 Å². The SMILES string of the molecule is CN(C(=O)CCC(CCN)C(C)(C)C)C1CCCCCC1. The molecule has 1 saturated carbocycles. The van der Waals surface area contributed by atoms with Gasteiger partial charge in [-0.3, -0.25) is 4.79 Å². The van der Waals surface area contributed by atoms with Gasteiger partial charge in [0.05, 0.1) is 0 Å². The van der Waals surface area contributed by atoms with Gasteiger partial charge in [-0.05, 0) is 43.6 Å². The van der Waals surface area contributed by atoms with Gasteiger partial charge in [-0.15, -0.1) is 0 Å². The summed E-state index contributed by atoms with van der Waals surface area (Å²) in [5, 5.41) is 0. The Balaban J connectivity index is 2.46. The fraction of sp³-hybridized carbons (Fsp3) is 0.944. The van der Waals surface area contributed by atoms with Gasteiger partial charge in [0.1, 0.15) is 0 Å². The first-order chi connectivity index (χ1) is 9.86. The summed E-state index contributed by atoms with van der Waals surface area (Å²) < 4.78 is 0. The molecular weight excluding hydrogens is 260 g/mol. The Kier molecular flexibility index (Phi) is 7.72. The Morgan fingerprint density at radius 1 is 1.14 bits per heavy atom. The average molecular weight is 296 g/mol. The molecule has 0 bridgehead atoms. The monoisotopic (exact) mass is 296 g/mol. The van der Waals surface area contributed by atoms with Crippen molar-refractivity contribution in [2.24, 2.45) is 17.1 Å². The van der Waals surface area contributed by atoms with Crippen LogP contribution in [0.25, 0.3) is 0 Å². The second kappa shape index (κ2) is 8.77. The van der Waals surface area contributed by atoms with Crippen molar-refractivity contribution < 1.29 is 4.79 Å². The molecule has 1 amide bonds. The number of carbonyl (C=O) groups excluding carboxylic acids is 1. The topological polar surface area (TPSA) is 46.3 Å². The number of hydrogen-bond donors (Lipinski definition) is 1. The number of amides is 1. The van der Waals surface area contributed by atoms with Gasteiger partial charge < -0.3 is 10.6 Å². The van der Waals surface area contributed by atoms with Crippen LogP contribution in [0.15, 0.2) is 0 Å². The van der Waals surface area contributed by atoms with E-state index in [0.717, 1.165) is 12.8 Å². The third-order valence-electron chi connectivity index (χ3n) is 5.21. The third-order valence-corrected chi connectivity index (χ3v) is 5.21. The summed E-state index contributed by atoms with van der Waals surface area (Å²) in [6, 6.07) is 0.475. The largest absolute Gasteiger partial charge is 0.343 e. The summed E-state index contributed by atoms with van der Waals surface area (Å²) in [5.41, 5.74) is 5.97. The van der Waals surface area contributed by atoms with Crippen LogP contribution in [0.4, 0.5) is 0 Å². The molecule has 0 radical (unpaired) electrons. The van der Waals surface area contributed by atoms with Crippen molar-refractivity contribution in [1.82, 2.24) is 4.90 Å². The lowest BCUT2D eigenvalue weighted by Crippen LogP contribution is -2.37. The Morgan fingerprint density at radius 2 is 1.71 bits per heavy atom. The molecule has 0 spiro atoms. The number of rotatable bonds is 6. The summed E-state index contributed by atoms with van der Waals surface area (Å²) in [5.74, 6) is 0.863. The fourth-order valence-corrected chi connectivity index (χ4v) is 3.53. The van der Waals surface area contributed by atoms with Crippen LogP contribution >= 0.6 is 0 Å². The van der Waals surface area contributed by atoms with Gasteiger partial charge in [-0.25, -0.2) is 0 Å². The van der Waals surface area contributed by atoms with Crippen molar-refractivity contribution in [2.45, 2.75) is 84.6 Å². The predicted octanol–water partition coefficient (Wildman–Crippen LogP) is 3.96. The van der Waals surface area contributed by atoms with Gasteiger partial charge in [-0.1, -0.05) is 46.5 Å². The molecule has 0 aromatic rings. The van der Waals surface area contributed by atoms with Crippen molar-refractivity contribution in [3.63, 3.8) is 0 Å². The van der Waals surface area contributed by atoms with E-state index < -0.39 is 0 Å². The molecule has 1 unspecified atom stereocenters. The molecule has 0 saturated heterocycles. The Bertz CT molecular complexity index is 301. The highest BCUT2D eigenvalue weighted by atomic mass is 16.2. The third kappa shape index (κ3) is 6.37. The Morgan fingerprint density at radius 3 is 2.19 bits per heavy atom. The maximum atomic E-state index is 12.5. The zero-order valence-corrected chi connectivity index (χ0v) is 14.7. The van der Waals surface area contributed by atoms with Crippen LogP contribution in [0.3, 0.4) is 0 Å². The van der Waals surface area contributed by atoms with Crippen molar-refractivity contribution >= 4 is 5.91 Å². The van der Waals surface area contributed by atoms with E-state index in [4.69, 9.17) is 5.73 Å². The van der Waals surface area contributed by atoms with E-state index in [0.29, 0.717) is 30.8 Å². The number of carbonyl (C=O) groups is 1. The number of nitrogens with two attached hydrogens (primary N) is 1. The lowest BCUT2D eigenvalue weighted by molar-refractivity contribution is -0.132. The van der Waals surface area contributed by atoms with Crippen LogP contribution in [-0.2, 0) is 4.79 Å². The molecule has 1 rings (SSSR count). The summed E-state index contributed by atoms with van der Waals surface area (Å²) in [6.45, 7) is 7.49. The van der Waals surface area contributed by atoms with Gasteiger partial charge in [-0.2, -0.15) is 0 Å². The molecule has 3 nitrogen and oxygen atoms in total. The zero-order valence-electron chi connectivity index (χ0n) is 14.7. The van der Waals surface area contributed by atoms with Crippen LogP contribution in [-0.4, -0.2) is 30.4 Å². The first-order valence-electron chi connectivity index (χ1n) is 8.82. The molecule has 1 aliphatic carbocycles. The molecule has 0 aromatic carbocycles. The van der Waals surface area contributed by atoms with Crippen LogP contribution in [0.5, 0.6) is 0 Å². The second-order valence-corrected chi connectivity index (χ2v) is 7.83. The molecular formula is C18H36N2O. The van der Waals surface area contributed by atoms with E-state index in [2.05, 4.69) is 20.8 Å². The molecule has 0 heterocycles. The molecule has 0 aromatic heterocycles. The highest BCUT2D eigenvalue weighted by molar-refractivity contribution is 5.76.